The van der Waals surface area contributed by atoms with E-state index in [2.05, 4.69) is 99.4 Å². The minimum Gasteiger partial charge on any atom is -0.411 e. The van der Waals surface area contributed by atoms with Gasteiger partial charge in [-0.05, 0) is 41.6 Å². The van der Waals surface area contributed by atoms with Crippen LogP contribution in [0.15, 0.2) is 60.7 Å². The minimum absolute atomic E-state index is 0.00971. The number of hydrogen-bond donors (Lipinski definition) is 0. The van der Waals surface area contributed by atoms with Crippen LogP contribution in [0, 0.1) is 5.92 Å². The molecule has 0 bridgehead atoms. The molecule has 1 heterocycles. The fraction of sp³-hybridized carbons (Fsp3) is 0.657. The fourth-order valence-electron chi connectivity index (χ4n) is 5.84. The number of benzene rings is 2. The molecule has 1 saturated carbocycles. The highest BCUT2D eigenvalue weighted by atomic mass is 28.4. The molecule has 1 aliphatic carbocycles. The standard InChI is InChI=1S/C35H55NO4Si/c1-35(2,3)41(4,5)40-32(25-29-15-9-6-10-16-29)34(39-28-31-19-13-8-14-20-31)33(26-36-21-23-37-24-22-36)38-27-30-17-11-7-12-18-30/h7-8,11-14,17-20,29,32-34H,6,9-10,15-16,21-28H2,1-5H3. The van der Waals surface area contributed by atoms with Crippen molar-refractivity contribution in [3.63, 3.8) is 0 Å². The summed E-state index contributed by atoms with van der Waals surface area (Å²) in [5.41, 5.74) is 2.38. The first kappa shape index (κ1) is 32.4. The summed E-state index contributed by atoms with van der Waals surface area (Å²) in [5, 5.41) is 0.117. The van der Waals surface area contributed by atoms with E-state index in [1.54, 1.807) is 0 Å². The summed E-state index contributed by atoms with van der Waals surface area (Å²) in [5.74, 6) is 0.680. The highest BCUT2D eigenvalue weighted by molar-refractivity contribution is 6.74. The Hall–Kier alpha value is -1.54. The molecule has 0 amide bonds. The molecule has 0 aromatic heterocycles. The van der Waals surface area contributed by atoms with Gasteiger partial charge in [0.2, 0.25) is 0 Å². The monoisotopic (exact) mass is 581 g/mol. The molecular formula is C35H55NO4Si. The van der Waals surface area contributed by atoms with Gasteiger partial charge in [0.15, 0.2) is 8.32 Å². The zero-order chi connectivity index (χ0) is 29.1. The molecule has 2 aromatic rings. The molecule has 3 unspecified atom stereocenters. The molecular weight excluding hydrogens is 526 g/mol. The van der Waals surface area contributed by atoms with Crippen molar-refractivity contribution in [2.24, 2.45) is 5.92 Å². The van der Waals surface area contributed by atoms with Crippen molar-refractivity contribution in [3.05, 3.63) is 71.8 Å². The first-order valence-corrected chi connectivity index (χ1v) is 18.9. The van der Waals surface area contributed by atoms with Crippen molar-refractivity contribution >= 4 is 8.32 Å². The first-order chi connectivity index (χ1) is 19.7. The summed E-state index contributed by atoms with van der Waals surface area (Å²) >= 11 is 0. The Bertz CT molecular complexity index is 984. The van der Waals surface area contributed by atoms with Gasteiger partial charge in [-0.1, -0.05) is 114 Å². The Labute approximate surface area is 251 Å². The van der Waals surface area contributed by atoms with Gasteiger partial charge in [0, 0.05) is 19.6 Å². The Morgan fingerprint density at radius 3 is 1.93 bits per heavy atom. The summed E-state index contributed by atoms with van der Waals surface area (Å²) in [6.07, 6.45) is 7.35. The Morgan fingerprint density at radius 2 is 1.37 bits per heavy atom. The summed E-state index contributed by atoms with van der Waals surface area (Å²) < 4.78 is 26.9. The second-order valence-electron chi connectivity index (χ2n) is 13.7. The maximum atomic E-state index is 7.37. The smallest absolute Gasteiger partial charge is 0.192 e. The highest BCUT2D eigenvalue weighted by Gasteiger charge is 2.44. The van der Waals surface area contributed by atoms with Crippen LogP contribution < -0.4 is 0 Å². The van der Waals surface area contributed by atoms with Gasteiger partial charge in [-0.2, -0.15) is 0 Å². The molecule has 2 aromatic carbocycles. The molecule has 228 valence electrons. The van der Waals surface area contributed by atoms with Crippen molar-refractivity contribution < 1.29 is 18.6 Å². The molecule has 0 spiro atoms. The highest BCUT2D eigenvalue weighted by Crippen LogP contribution is 2.40. The van der Waals surface area contributed by atoms with E-state index >= 15 is 0 Å². The second kappa shape index (κ2) is 15.8. The molecule has 3 atom stereocenters. The number of nitrogens with zero attached hydrogens (tertiary/aromatic N) is 1. The van der Waals surface area contributed by atoms with E-state index in [0.29, 0.717) is 19.1 Å². The topological polar surface area (TPSA) is 40.2 Å². The number of morpholine rings is 1. The first-order valence-electron chi connectivity index (χ1n) is 16.0. The summed E-state index contributed by atoms with van der Waals surface area (Å²) in [7, 11) is -2.08. The van der Waals surface area contributed by atoms with Crippen LogP contribution in [0.3, 0.4) is 0 Å². The number of hydrogen-bond acceptors (Lipinski definition) is 5. The molecule has 1 saturated heterocycles. The van der Waals surface area contributed by atoms with E-state index in [0.717, 1.165) is 39.3 Å². The van der Waals surface area contributed by atoms with E-state index in [4.69, 9.17) is 18.6 Å². The van der Waals surface area contributed by atoms with E-state index in [-0.39, 0.29) is 23.4 Å². The van der Waals surface area contributed by atoms with E-state index < -0.39 is 8.32 Å². The Morgan fingerprint density at radius 1 is 0.805 bits per heavy atom. The van der Waals surface area contributed by atoms with Crippen molar-refractivity contribution in [1.29, 1.82) is 0 Å². The van der Waals surface area contributed by atoms with Crippen molar-refractivity contribution in [3.8, 4) is 0 Å². The van der Waals surface area contributed by atoms with Gasteiger partial charge in [0.05, 0.1) is 38.6 Å². The normalized spacial score (nSPS) is 20.0. The summed E-state index contributed by atoms with van der Waals surface area (Å²) in [6.45, 7) is 17.1. The molecule has 2 aliphatic rings. The van der Waals surface area contributed by atoms with Crippen molar-refractivity contribution in [1.82, 2.24) is 4.90 Å². The van der Waals surface area contributed by atoms with Crippen LogP contribution in [-0.4, -0.2) is 64.4 Å². The van der Waals surface area contributed by atoms with Crippen LogP contribution in [0.4, 0.5) is 0 Å². The average molecular weight is 582 g/mol. The molecule has 1 aliphatic heterocycles. The predicted molar refractivity (Wildman–Crippen MR) is 171 cm³/mol. The van der Waals surface area contributed by atoms with Gasteiger partial charge < -0.3 is 18.6 Å². The van der Waals surface area contributed by atoms with Gasteiger partial charge in [0.1, 0.15) is 6.10 Å². The zero-order valence-electron chi connectivity index (χ0n) is 26.4. The quantitative estimate of drug-likeness (QED) is 0.213. The van der Waals surface area contributed by atoms with Crippen molar-refractivity contribution in [2.75, 3.05) is 32.8 Å². The lowest BCUT2D eigenvalue weighted by Crippen LogP contribution is -2.54. The molecule has 2 fully saturated rings. The van der Waals surface area contributed by atoms with E-state index in [1.807, 2.05) is 0 Å². The SMILES string of the molecule is CC(C)(C)[Si](C)(C)OC(CC1CCCCC1)C(OCc1ccccc1)C(CN1CCOCC1)OCc1ccccc1. The van der Waals surface area contributed by atoms with Gasteiger partial charge >= 0.3 is 0 Å². The average Bonchev–Trinajstić information content (AvgIpc) is 2.97. The lowest BCUT2D eigenvalue weighted by Gasteiger charge is -2.45. The zero-order valence-corrected chi connectivity index (χ0v) is 27.4. The Kier molecular flexibility index (Phi) is 12.5. The largest absolute Gasteiger partial charge is 0.411 e. The molecule has 0 radical (unpaired) electrons. The van der Waals surface area contributed by atoms with Gasteiger partial charge in [0.25, 0.3) is 0 Å². The minimum atomic E-state index is -2.08. The molecule has 4 rings (SSSR count). The maximum Gasteiger partial charge on any atom is 0.192 e. The number of ether oxygens (including phenoxy) is 3. The van der Waals surface area contributed by atoms with Gasteiger partial charge in [-0.3, -0.25) is 4.90 Å². The summed E-state index contributed by atoms with van der Waals surface area (Å²) in [4.78, 5) is 2.49. The van der Waals surface area contributed by atoms with Crippen LogP contribution >= 0.6 is 0 Å². The van der Waals surface area contributed by atoms with Gasteiger partial charge in [-0.25, -0.2) is 0 Å². The van der Waals surface area contributed by atoms with Crippen LogP contribution in [0.1, 0.15) is 70.4 Å². The third-order valence-corrected chi connectivity index (χ3v) is 13.9. The third kappa shape index (κ3) is 10.3. The fourth-order valence-corrected chi connectivity index (χ4v) is 7.18. The predicted octanol–water partition coefficient (Wildman–Crippen LogP) is 7.85. The number of rotatable bonds is 14. The van der Waals surface area contributed by atoms with Crippen LogP contribution in [-0.2, 0) is 31.9 Å². The lowest BCUT2D eigenvalue weighted by molar-refractivity contribution is -0.143. The van der Waals surface area contributed by atoms with Crippen LogP contribution in [0.2, 0.25) is 18.1 Å². The van der Waals surface area contributed by atoms with Crippen LogP contribution in [0.25, 0.3) is 0 Å². The lowest BCUT2D eigenvalue weighted by atomic mass is 9.84. The molecule has 0 N–H and O–H groups in total. The van der Waals surface area contributed by atoms with E-state index in [9.17, 15) is 0 Å². The van der Waals surface area contributed by atoms with Gasteiger partial charge in [-0.15, -0.1) is 0 Å². The molecule has 6 heteroatoms. The molecule has 5 nitrogen and oxygen atoms in total. The maximum absolute atomic E-state index is 7.37. The van der Waals surface area contributed by atoms with Crippen LogP contribution in [0.5, 0.6) is 0 Å². The second-order valence-corrected chi connectivity index (χ2v) is 18.4. The Balaban J connectivity index is 1.66. The third-order valence-electron chi connectivity index (χ3n) is 9.41. The van der Waals surface area contributed by atoms with Crippen molar-refractivity contribution in [2.45, 2.75) is 109 Å². The molecule has 41 heavy (non-hydrogen) atoms. The summed E-state index contributed by atoms with van der Waals surface area (Å²) in [6, 6.07) is 21.1. The van der Waals surface area contributed by atoms with E-state index in [1.165, 1.54) is 43.2 Å².